The highest BCUT2D eigenvalue weighted by molar-refractivity contribution is 8.18. The number of anilines is 1. The van der Waals surface area contributed by atoms with E-state index < -0.39 is 11.1 Å². The van der Waals surface area contributed by atoms with Crippen molar-refractivity contribution in [2.24, 2.45) is 0 Å². The Bertz CT molecular complexity index is 1220. The molecule has 10 heteroatoms. The van der Waals surface area contributed by atoms with Gasteiger partial charge in [0.15, 0.2) is 18.1 Å². The van der Waals surface area contributed by atoms with E-state index in [9.17, 15) is 19.2 Å². The van der Waals surface area contributed by atoms with Crippen LogP contribution in [-0.4, -0.2) is 66.1 Å². The number of hydrogen-bond acceptors (Lipinski definition) is 7. The van der Waals surface area contributed by atoms with Gasteiger partial charge in [0.2, 0.25) is 5.91 Å². The summed E-state index contributed by atoms with van der Waals surface area (Å²) in [6.45, 7) is 2.79. The predicted octanol–water partition coefficient (Wildman–Crippen LogP) is 3.68. The van der Waals surface area contributed by atoms with Crippen LogP contribution in [0.2, 0.25) is 0 Å². The quantitative estimate of drug-likeness (QED) is 0.541. The smallest absolute Gasteiger partial charge is 0.294 e. The Morgan fingerprint density at radius 2 is 1.86 bits per heavy atom. The fourth-order valence-electron chi connectivity index (χ4n) is 3.95. The summed E-state index contributed by atoms with van der Waals surface area (Å²) in [6.07, 6.45) is 3.45. The standard InChI is InChI=1S/C26H27N3O6S/c1-17-6-5-7-19(12-17)27-23(30)16-35-20-9-8-18(13-21(20)34-2)14-22-25(32)29(26(33)36-22)15-24(31)28-10-3-4-11-28/h5-9,12-14H,3-4,10-11,15-16H2,1-2H3,(H,27,30)/b22-14+. The Morgan fingerprint density at radius 3 is 2.58 bits per heavy atom. The van der Waals surface area contributed by atoms with Crippen LogP contribution in [-0.2, 0) is 14.4 Å². The lowest BCUT2D eigenvalue weighted by Crippen LogP contribution is -2.40. The Hall–Kier alpha value is -3.79. The molecule has 0 aromatic heterocycles. The molecule has 2 aliphatic heterocycles. The number of aryl methyl sites for hydroxylation is 1. The molecule has 0 saturated carbocycles. The highest BCUT2D eigenvalue weighted by Gasteiger charge is 2.37. The van der Waals surface area contributed by atoms with Crippen LogP contribution in [0.5, 0.6) is 11.5 Å². The molecule has 0 aliphatic carbocycles. The number of likely N-dealkylation sites (tertiary alicyclic amines) is 1. The van der Waals surface area contributed by atoms with Gasteiger partial charge in [0.25, 0.3) is 17.1 Å². The van der Waals surface area contributed by atoms with Gasteiger partial charge in [0.05, 0.1) is 12.0 Å². The molecular weight excluding hydrogens is 482 g/mol. The first-order chi connectivity index (χ1) is 17.3. The maximum atomic E-state index is 12.8. The van der Waals surface area contributed by atoms with Crippen molar-refractivity contribution in [1.29, 1.82) is 0 Å². The third-order valence-electron chi connectivity index (χ3n) is 5.77. The summed E-state index contributed by atoms with van der Waals surface area (Å²) >= 11 is 0.798. The zero-order chi connectivity index (χ0) is 25.7. The van der Waals surface area contributed by atoms with Gasteiger partial charge >= 0.3 is 0 Å². The molecule has 0 atom stereocenters. The molecule has 188 valence electrons. The molecule has 0 bridgehead atoms. The number of methoxy groups -OCH3 is 1. The van der Waals surface area contributed by atoms with Crippen LogP contribution in [0.25, 0.3) is 6.08 Å². The second kappa shape index (κ2) is 11.3. The third kappa shape index (κ3) is 6.06. The predicted molar refractivity (Wildman–Crippen MR) is 137 cm³/mol. The van der Waals surface area contributed by atoms with Crippen molar-refractivity contribution in [3.05, 3.63) is 58.5 Å². The number of ether oxygens (including phenoxy) is 2. The molecule has 2 aromatic carbocycles. The molecule has 2 heterocycles. The van der Waals surface area contributed by atoms with Gasteiger partial charge in [-0.1, -0.05) is 18.2 Å². The van der Waals surface area contributed by atoms with E-state index in [0.717, 1.165) is 35.1 Å². The summed E-state index contributed by atoms with van der Waals surface area (Å²) in [6, 6.07) is 12.4. The minimum absolute atomic E-state index is 0.215. The van der Waals surface area contributed by atoms with Gasteiger partial charge in [0, 0.05) is 18.8 Å². The van der Waals surface area contributed by atoms with Crippen molar-refractivity contribution in [3.8, 4) is 11.5 Å². The van der Waals surface area contributed by atoms with E-state index in [1.165, 1.54) is 7.11 Å². The van der Waals surface area contributed by atoms with Gasteiger partial charge in [0.1, 0.15) is 6.54 Å². The molecule has 2 aliphatic rings. The van der Waals surface area contributed by atoms with Crippen LogP contribution in [0.4, 0.5) is 10.5 Å². The van der Waals surface area contributed by atoms with Crippen molar-refractivity contribution in [2.75, 3.05) is 38.7 Å². The second-order valence-electron chi connectivity index (χ2n) is 8.47. The van der Waals surface area contributed by atoms with E-state index >= 15 is 0 Å². The molecular formula is C26H27N3O6S. The number of imide groups is 1. The maximum Gasteiger partial charge on any atom is 0.294 e. The first-order valence-electron chi connectivity index (χ1n) is 11.5. The highest BCUT2D eigenvalue weighted by Crippen LogP contribution is 2.34. The van der Waals surface area contributed by atoms with Gasteiger partial charge < -0.3 is 19.7 Å². The van der Waals surface area contributed by atoms with Gasteiger partial charge in [-0.2, -0.15) is 0 Å². The van der Waals surface area contributed by atoms with Crippen molar-refractivity contribution in [3.63, 3.8) is 0 Å². The number of carbonyl (C=O) groups excluding carboxylic acids is 4. The number of amides is 4. The van der Waals surface area contributed by atoms with Crippen molar-refractivity contribution in [1.82, 2.24) is 9.80 Å². The van der Waals surface area contributed by atoms with E-state index in [2.05, 4.69) is 5.32 Å². The average molecular weight is 510 g/mol. The zero-order valence-corrected chi connectivity index (χ0v) is 20.9. The van der Waals surface area contributed by atoms with Crippen LogP contribution in [0.15, 0.2) is 47.4 Å². The molecule has 36 heavy (non-hydrogen) atoms. The van der Waals surface area contributed by atoms with Crippen LogP contribution < -0.4 is 14.8 Å². The zero-order valence-electron chi connectivity index (χ0n) is 20.1. The van der Waals surface area contributed by atoms with Gasteiger partial charge in [-0.05, 0) is 73.0 Å². The lowest BCUT2D eigenvalue weighted by molar-refractivity contribution is -0.135. The molecule has 0 unspecified atom stereocenters. The Balaban J connectivity index is 1.39. The van der Waals surface area contributed by atoms with Crippen molar-refractivity contribution < 1.29 is 28.7 Å². The fourth-order valence-corrected chi connectivity index (χ4v) is 4.78. The summed E-state index contributed by atoms with van der Waals surface area (Å²) < 4.78 is 11.0. The van der Waals surface area contributed by atoms with Crippen LogP contribution in [0.3, 0.4) is 0 Å². The third-order valence-corrected chi connectivity index (χ3v) is 6.68. The molecule has 4 amide bonds. The van der Waals surface area contributed by atoms with Gasteiger partial charge in [-0.3, -0.25) is 24.1 Å². The maximum absolute atomic E-state index is 12.8. The summed E-state index contributed by atoms with van der Waals surface area (Å²) in [5.74, 6) is -0.298. The average Bonchev–Trinajstić information content (AvgIpc) is 3.48. The summed E-state index contributed by atoms with van der Waals surface area (Å²) in [7, 11) is 1.47. The first kappa shape index (κ1) is 25.3. The minimum Gasteiger partial charge on any atom is -0.493 e. The largest absolute Gasteiger partial charge is 0.493 e. The SMILES string of the molecule is COc1cc(/C=C2/SC(=O)N(CC(=O)N3CCCC3)C2=O)ccc1OCC(=O)Nc1cccc(C)c1. The number of nitrogens with one attached hydrogen (secondary N) is 1. The lowest BCUT2D eigenvalue weighted by atomic mass is 10.2. The fraction of sp³-hybridized carbons (Fsp3) is 0.308. The van der Waals surface area contributed by atoms with E-state index in [4.69, 9.17) is 9.47 Å². The second-order valence-corrected chi connectivity index (χ2v) is 9.47. The summed E-state index contributed by atoms with van der Waals surface area (Å²) in [4.78, 5) is 52.7. The van der Waals surface area contributed by atoms with Crippen molar-refractivity contribution >= 4 is 46.5 Å². The molecule has 1 N–H and O–H groups in total. The van der Waals surface area contributed by atoms with Crippen LogP contribution >= 0.6 is 11.8 Å². The van der Waals surface area contributed by atoms with Crippen LogP contribution in [0.1, 0.15) is 24.0 Å². The monoisotopic (exact) mass is 509 g/mol. The molecule has 2 fully saturated rings. The minimum atomic E-state index is -0.496. The molecule has 2 saturated heterocycles. The van der Waals surface area contributed by atoms with E-state index in [1.807, 2.05) is 25.1 Å². The number of thioether (sulfide) groups is 1. The molecule has 4 rings (SSSR count). The van der Waals surface area contributed by atoms with Gasteiger partial charge in [-0.15, -0.1) is 0 Å². The number of hydrogen-bond donors (Lipinski definition) is 1. The van der Waals surface area contributed by atoms with E-state index in [1.54, 1.807) is 35.2 Å². The number of benzene rings is 2. The molecule has 0 spiro atoms. The van der Waals surface area contributed by atoms with E-state index in [-0.39, 0.29) is 29.9 Å². The topological polar surface area (TPSA) is 105 Å². The van der Waals surface area contributed by atoms with Crippen LogP contribution in [0, 0.1) is 6.92 Å². The number of nitrogens with zero attached hydrogens (tertiary/aromatic N) is 2. The number of carbonyl (C=O) groups is 4. The normalized spacial score (nSPS) is 16.6. The Labute approximate surface area is 213 Å². The summed E-state index contributed by atoms with van der Waals surface area (Å²) in [5, 5.41) is 2.31. The number of rotatable bonds is 8. The Morgan fingerprint density at radius 1 is 1.08 bits per heavy atom. The van der Waals surface area contributed by atoms with Gasteiger partial charge in [-0.25, -0.2) is 0 Å². The lowest BCUT2D eigenvalue weighted by Gasteiger charge is -2.18. The molecule has 2 aromatic rings. The first-order valence-corrected chi connectivity index (χ1v) is 12.4. The highest BCUT2D eigenvalue weighted by atomic mass is 32.2. The van der Waals surface area contributed by atoms with E-state index in [0.29, 0.717) is 35.8 Å². The summed E-state index contributed by atoms with van der Waals surface area (Å²) in [5.41, 5.74) is 2.32. The van der Waals surface area contributed by atoms with Crippen molar-refractivity contribution in [2.45, 2.75) is 19.8 Å². The molecule has 0 radical (unpaired) electrons. The molecule has 9 nitrogen and oxygen atoms in total. The Kier molecular flexibility index (Phi) is 7.94.